The lowest BCUT2D eigenvalue weighted by atomic mass is 9.98. The minimum absolute atomic E-state index is 0.122. The van der Waals surface area contributed by atoms with Crippen molar-refractivity contribution in [3.63, 3.8) is 0 Å². The first-order chi connectivity index (χ1) is 9.93. The number of hydrogen-bond acceptors (Lipinski definition) is 4. The molecule has 112 valence electrons. The Balaban J connectivity index is 1.90. The molecular formula is C15H19N3O2S. The molecule has 1 saturated heterocycles. The van der Waals surface area contributed by atoms with Crippen LogP contribution in [0.1, 0.15) is 24.0 Å². The zero-order chi connectivity index (χ0) is 15.2. The van der Waals surface area contributed by atoms with E-state index in [4.69, 9.17) is 11.0 Å². The minimum atomic E-state index is -3.49. The van der Waals surface area contributed by atoms with Crippen molar-refractivity contribution in [3.05, 3.63) is 29.3 Å². The maximum Gasteiger partial charge on any atom is 0.243 e. The van der Waals surface area contributed by atoms with Gasteiger partial charge in [0.2, 0.25) is 10.0 Å². The molecule has 2 fully saturated rings. The molecule has 0 bridgehead atoms. The lowest BCUT2D eigenvalue weighted by Gasteiger charge is -2.19. The number of benzene rings is 1. The summed E-state index contributed by atoms with van der Waals surface area (Å²) in [7, 11) is -3.49. The Labute approximate surface area is 125 Å². The fraction of sp³-hybridized carbons (Fsp3) is 0.533. The molecule has 1 heterocycles. The van der Waals surface area contributed by atoms with Gasteiger partial charge in [-0.05, 0) is 55.4 Å². The van der Waals surface area contributed by atoms with Crippen LogP contribution in [0.25, 0.3) is 0 Å². The van der Waals surface area contributed by atoms with E-state index in [0.29, 0.717) is 40.9 Å². The van der Waals surface area contributed by atoms with Crippen molar-refractivity contribution in [2.75, 3.05) is 13.1 Å². The summed E-state index contributed by atoms with van der Waals surface area (Å²) in [5.41, 5.74) is 7.17. The van der Waals surface area contributed by atoms with Crippen molar-refractivity contribution < 1.29 is 8.42 Å². The highest BCUT2D eigenvalue weighted by atomic mass is 32.2. The summed E-state index contributed by atoms with van der Waals surface area (Å²) in [4.78, 5) is 0.301. The lowest BCUT2D eigenvalue weighted by molar-refractivity contribution is 0.427. The van der Waals surface area contributed by atoms with Gasteiger partial charge in [-0.1, -0.05) is 0 Å². The fourth-order valence-corrected chi connectivity index (χ4v) is 5.35. The van der Waals surface area contributed by atoms with E-state index < -0.39 is 10.0 Å². The number of nitrogens with zero attached hydrogens (tertiary/aromatic N) is 2. The predicted octanol–water partition coefficient (Wildman–Crippen LogP) is 1.22. The van der Waals surface area contributed by atoms with Gasteiger partial charge in [0.05, 0.1) is 16.5 Å². The molecule has 0 spiro atoms. The highest BCUT2D eigenvalue weighted by Crippen LogP contribution is 2.39. The van der Waals surface area contributed by atoms with Crippen molar-refractivity contribution in [1.82, 2.24) is 4.31 Å². The molecule has 0 amide bonds. The Bertz CT molecular complexity index is 708. The molecule has 6 heteroatoms. The lowest BCUT2D eigenvalue weighted by Crippen LogP contribution is -2.33. The van der Waals surface area contributed by atoms with Crippen LogP contribution in [-0.2, 0) is 10.0 Å². The van der Waals surface area contributed by atoms with Crippen LogP contribution in [-0.4, -0.2) is 31.9 Å². The molecule has 1 aromatic carbocycles. The zero-order valence-corrected chi connectivity index (χ0v) is 12.8. The maximum absolute atomic E-state index is 12.8. The number of sulfonamides is 1. The summed E-state index contributed by atoms with van der Waals surface area (Å²) >= 11 is 0. The highest BCUT2D eigenvalue weighted by Gasteiger charge is 2.45. The van der Waals surface area contributed by atoms with Gasteiger partial charge >= 0.3 is 0 Å². The topological polar surface area (TPSA) is 87.2 Å². The molecule has 0 aromatic heterocycles. The van der Waals surface area contributed by atoms with Crippen LogP contribution in [0, 0.1) is 30.1 Å². The van der Waals surface area contributed by atoms with Gasteiger partial charge in [0, 0.05) is 19.1 Å². The van der Waals surface area contributed by atoms with Gasteiger partial charge in [0.15, 0.2) is 0 Å². The van der Waals surface area contributed by atoms with E-state index in [2.05, 4.69) is 0 Å². The standard InChI is InChI=1S/C15H19N3O2S/c1-10-6-11(7-16)2-5-15(10)21(19,20)18-8-12-3-4-14(17)13(12)9-18/h2,5-6,12-14H,3-4,8-9,17H2,1H3. The van der Waals surface area contributed by atoms with Gasteiger partial charge < -0.3 is 5.73 Å². The summed E-state index contributed by atoms with van der Waals surface area (Å²) < 4.78 is 27.2. The molecule has 0 radical (unpaired) electrons. The van der Waals surface area contributed by atoms with Crippen molar-refractivity contribution >= 4 is 10.0 Å². The summed E-state index contributed by atoms with van der Waals surface area (Å²) in [5, 5.41) is 8.88. The molecule has 5 nitrogen and oxygen atoms in total. The molecule has 1 saturated carbocycles. The first-order valence-electron chi connectivity index (χ1n) is 7.20. The Morgan fingerprint density at radius 3 is 2.71 bits per heavy atom. The van der Waals surface area contributed by atoms with Gasteiger partial charge in [-0.3, -0.25) is 0 Å². The van der Waals surface area contributed by atoms with Crippen LogP contribution in [0.15, 0.2) is 23.1 Å². The van der Waals surface area contributed by atoms with E-state index >= 15 is 0 Å². The summed E-state index contributed by atoms with van der Waals surface area (Å²) in [6.07, 6.45) is 2.02. The predicted molar refractivity (Wildman–Crippen MR) is 78.8 cm³/mol. The smallest absolute Gasteiger partial charge is 0.243 e. The molecular weight excluding hydrogens is 286 g/mol. The molecule has 1 aliphatic carbocycles. The van der Waals surface area contributed by atoms with E-state index in [0.717, 1.165) is 12.8 Å². The average molecular weight is 305 g/mol. The minimum Gasteiger partial charge on any atom is -0.327 e. The van der Waals surface area contributed by atoms with Gasteiger partial charge in [0.25, 0.3) is 0 Å². The van der Waals surface area contributed by atoms with Gasteiger partial charge in [-0.2, -0.15) is 9.57 Å². The van der Waals surface area contributed by atoms with Crippen LogP contribution >= 0.6 is 0 Å². The Morgan fingerprint density at radius 2 is 2.10 bits per heavy atom. The second-order valence-electron chi connectivity index (χ2n) is 6.08. The van der Waals surface area contributed by atoms with Crippen molar-refractivity contribution in [1.29, 1.82) is 5.26 Å². The fourth-order valence-electron chi connectivity index (χ4n) is 3.61. The first-order valence-corrected chi connectivity index (χ1v) is 8.64. The summed E-state index contributed by atoms with van der Waals surface area (Å²) in [6.45, 7) is 2.82. The van der Waals surface area contributed by atoms with Crippen molar-refractivity contribution in [3.8, 4) is 6.07 Å². The van der Waals surface area contributed by atoms with Gasteiger partial charge in [0.1, 0.15) is 0 Å². The van der Waals surface area contributed by atoms with E-state index in [1.807, 2.05) is 6.07 Å². The SMILES string of the molecule is Cc1cc(C#N)ccc1S(=O)(=O)N1CC2CCC(N)C2C1. The zero-order valence-electron chi connectivity index (χ0n) is 12.0. The number of aryl methyl sites for hydroxylation is 1. The van der Waals surface area contributed by atoms with E-state index in [9.17, 15) is 8.42 Å². The number of hydrogen-bond donors (Lipinski definition) is 1. The molecule has 21 heavy (non-hydrogen) atoms. The molecule has 2 N–H and O–H groups in total. The third kappa shape index (κ3) is 2.35. The molecule has 3 rings (SSSR count). The van der Waals surface area contributed by atoms with Crippen molar-refractivity contribution in [2.24, 2.45) is 17.6 Å². The largest absolute Gasteiger partial charge is 0.327 e. The third-order valence-electron chi connectivity index (χ3n) is 4.80. The number of nitrogens with two attached hydrogens (primary N) is 1. The second-order valence-corrected chi connectivity index (χ2v) is 7.99. The normalized spacial score (nSPS) is 29.3. The highest BCUT2D eigenvalue weighted by molar-refractivity contribution is 7.89. The van der Waals surface area contributed by atoms with Crippen molar-refractivity contribution in [2.45, 2.75) is 30.7 Å². The molecule has 2 aliphatic rings. The van der Waals surface area contributed by atoms with Crippen LogP contribution in [0.2, 0.25) is 0 Å². The molecule has 3 unspecified atom stereocenters. The van der Waals surface area contributed by atoms with E-state index in [1.54, 1.807) is 23.4 Å². The number of fused-ring (bicyclic) bond motifs is 1. The monoisotopic (exact) mass is 305 g/mol. The summed E-state index contributed by atoms with van der Waals surface area (Å²) in [5.74, 6) is 0.687. The van der Waals surface area contributed by atoms with E-state index in [1.165, 1.54) is 6.07 Å². The van der Waals surface area contributed by atoms with Gasteiger partial charge in [-0.25, -0.2) is 8.42 Å². The second kappa shape index (κ2) is 5.09. The van der Waals surface area contributed by atoms with Crippen LogP contribution in [0.5, 0.6) is 0 Å². The molecule has 3 atom stereocenters. The maximum atomic E-state index is 12.8. The number of nitriles is 1. The molecule has 1 aromatic rings. The summed E-state index contributed by atoms with van der Waals surface area (Å²) in [6, 6.07) is 6.87. The van der Waals surface area contributed by atoms with Crippen LogP contribution < -0.4 is 5.73 Å². The van der Waals surface area contributed by atoms with Gasteiger partial charge in [-0.15, -0.1) is 0 Å². The third-order valence-corrected chi connectivity index (χ3v) is 6.79. The van der Waals surface area contributed by atoms with E-state index in [-0.39, 0.29) is 6.04 Å². The number of rotatable bonds is 2. The first kappa shape index (κ1) is 14.5. The quantitative estimate of drug-likeness (QED) is 0.890. The Hall–Kier alpha value is -1.42. The average Bonchev–Trinajstić information content (AvgIpc) is 3.01. The van der Waals surface area contributed by atoms with Crippen LogP contribution in [0.4, 0.5) is 0 Å². The Kier molecular flexibility index (Phi) is 3.52. The van der Waals surface area contributed by atoms with Crippen LogP contribution in [0.3, 0.4) is 0 Å². The molecule has 1 aliphatic heterocycles. The Morgan fingerprint density at radius 1 is 1.33 bits per heavy atom.